The van der Waals surface area contributed by atoms with Gasteiger partial charge in [-0.15, -0.1) is 0 Å². The van der Waals surface area contributed by atoms with Crippen molar-refractivity contribution in [2.75, 3.05) is 37.7 Å². The molecule has 2 aliphatic rings. The first-order valence-electron chi connectivity index (χ1n) is 10.2. The van der Waals surface area contributed by atoms with Gasteiger partial charge in [-0.05, 0) is 43.2 Å². The molecule has 2 N–H and O–H groups in total. The van der Waals surface area contributed by atoms with Gasteiger partial charge in [0.15, 0.2) is 0 Å². The normalized spacial score (nSPS) is 25.9. The standard InChI is InChI=1S/C21H33N3O2/c1-17-7-5-6-10-20(17)26-14-12-22-21(25)23-15-18-11-13-24(16-18)19-8-3-2-4-9-19/h2-4,8-9,17-18,20H,5-7,10-16H2,1H3,(H2,22,23,25). The highest BCUT2D eigenvalue weighted by molar-refractivity contribution is 5.73. The number of nitrogens with one attached hydrogen (secondary N) is 2. The predicted molar refractivity (Wildman–Crippen MR) is 106 cm³/mol. The quantitative estimate of drug-likeness (QED) is 0.734. The van der Waals surface area contributed by atoms with E-state index in [9.17, 15) is 4.79 Å². The first kappa shape index (κ1) is 19.0. The van der Waals surface area contributed by atoms with Crippen LogP contribution in [0.1, 0.15) is 39.0 Å². The second-order valence-electron chi connectivity index (χ2n) is 7.74. The highest BCUT2D eigenvalue weighted by Crippen LogP contribution is 2.26. The van der Waals surface area contributed by atoms with E-state index in [4.69, 9.17) is 4.74 Å². The molecule has 5 nitrogen and oxygen atoms in total. The maximum absolute atomic E-state index is 12.0. The molecular weight excluding hydrogens is 326 g/mol. The van der Waals surface area contributed by atoms with E-state index in [2.05, 4.69) is 46.7 Å². The molecule has 0 spiro atoms. The molecule has 5 heteroatoms. The van der Waals surface area contributed by atoms with Crippen molar-refractivity contribution in [3.8, 4) is 0 Å². The lowest BCUT2D eigenvalue weighted by atomic mass is 9.88. The Morgan fingerprint density at radius 3 is 2.77 bits per heavy atom. The predicted octanol–water partition coefficient (Wildman–Crippen LogP) is 3.41. The first-order valence-corrected chi connectivity index (χ1v) is 10.2. The number of ether oxygens (including phenoxy) is 1. The van der Waals surface area contributed by atoms with Gasteiger partial charge < -0.3 is 20.3 Å². The third-order valence-electron chi connectivity index (χ3n) is 5.71. The summed E-state index contributed by atoms with van der Waals surface area (Å²) in [5, 5.41) is 5.93. The van der Waals surface area contributed by atoms with E-state index >= 15 is 0 Å². The molecule has 3 atom stereocenters. The number of hydrogen-bond donors (Lipinski definition) is 2. The number of amides is 2. The highest BCUT2D eigenvalue weighted by atomic mass is 16.5. The van der Waals surface area contributed by atoms with Gasteiger partial charge >= 0.3 is 6.03 Å². The summed E-state index contributed by atoms with van der Waals surface area (Å²) in [5.74, 6) is 1.16. The molecule has 2 fully saturated rings. The molecule has 26 heavy (non-hydrogen) atoms. The van der Waals surface area contributed by atoms with Crippen LogP contribution in [-0.2, 0) is 4.74 Å². The summed E-state index contributed by atoms with van der Waals surface area (Å²) in [4.78, 5) is 14.4. The third-order valence-corrected chi connectivity index (χ3v) is 5.71. The van der Waals surface area contributed by atoms with Crippen LogP contribution in [0.4, 0.5) is 10.5 Å². The molecule has 2 amide bonds. The van der Waals surface area contributed by atoms with Crippen molar-refractivity contribution >= 4 is 11.7 Å². The van der Waals surface area contributed by atoms with Gasteiger partial charge in [0.25, 0.3) is 0 Å². The number of para-hydroxylation sites is 1. The van der Waals surface area contributed by atoms with Crippen LogP contribution in [0.15, 0.2) is 30.3 Å². The van der Waals surface area contributed by atoms with Crippen LogP contribution in [0.5, 0.6) is 0 Å². The van der Waals surface area contributed by atoms with Crippen LogP contribution in [0.2, 0.25) is 0 Å². The minimum atomic E-state index is -0.0801. The van der Waals surface area contributed by atoms with E-state index in [0.717, 1.165) is 32.5 Å². The van der Waals surface area contributed by atoms with Crippen molar-refractivity contribution in [2.24, 2.45) is 11.8 Å². The average Bonchev–Trinajstić information content (AvgIpc) is 3.15. The van der Waals surface area contributed by atoms with E-state index in [1.54, 1.807) is 0 Å². The summed E-state index contributed by atoms with van der Waals surface area (Å²) < 4.78 is 5.94. The molecule has 1 aliphatic heterocycles. The number of carbonyl (C=O) groups is 1. The molecule has 0 aromatic heterocycles. The fraction of sp³-hybridized carbons (Fsp3) is 0.667. The third kappa shape index (κ3) is 5.63. The lowest BCUT2D eigenvalue weighted by Gasteiger charge is -2.28. The van der Waals surface area contributed by atoms with Crippen LogP contribution >= 0.6 is 0 Å². The molecule has 0 bridgehead atoms. The summed E-state index contributed by atoms with van der Waals surface area (Å²) >= 11 is 0. The van der Waals surface area contributed by atoms with E-state index in [0.29, 0.717) is 31.1 Å². The van der Waals surface area contributed by atoms with Gasteiger partial charge in [0, 0.05) is 31.9 Å². The van der Waals surface area contributed by atoms with Gasteiger partial charge in [-0.1, -0.05) is 38.0 Å². The summed E-state index contributed by atoms with van der Waals surface area (Å²) in [7, 11) is 0. The van der Waals surface area contributed by atoms with Crippen molar-refractivity contribution in [2.45, 2.75) is 45.1 Å². The van der Waals surface area contributed by atoms with Crippen LogP contribution < -0.4 is 15.5 Å². The second kappa shape index (κ2) is 9.81. The van der Waals surface area contributed by atoms with Gasteiger partial charge in [-0.25, -0.2) is 4.79 Å². The minimum absolute atomic E-state index is 0.0801. The number of urea groups is 1. The van der Waals surface area contributed by atoms with Gasteiger partial charge in [-0.3, -0.25) is 0 Å². The summed E-state index contributed by atoms with van der Waals surface area (Å²) in [6.07, 6.45) is 6.51. The Hall–Kier alpha value is -1.75. The zero-order valence-corrected chi connectivity index (χ0v) is 16.0. The number of anilines is 1. The van der Waals surface area contributed by atoms with Crippen LogP contribution in [-0.4, -0.2) is 44.9 Å². The zero-order valence-electron chi connectivity index (χ0n) is 16.0. The number of hydrogen-bond acceptors (Lipinski definition) is 3. The molecule has 3 unspecified atom stereocenters. The molecule has 1 aromatic rings. The fourth-order valence-electron chi connectivity index (χ4n) is 4.08. The van der Waals surface area contributed by atoms with Crippen LogP contribution in [0, 0.1) is 11.8 Å². The Labute approximate surface area is 157 Å². The lowest BCUT2D eigenvalue weighted by Crippen LogP contribution is -2.40. The molecule has 3 rings (SSSR count). The Morgan fingerprint density at radius 2 is 1.96 bits per heavy atom. The summed E-state index contributed by atoms with van der Waals surface area (Å²) in [6, 6.07) is 10.4. The second-order valence-corrected chi connectivity index (χ2v) is 7.74. The molecule has 1 aromatic carbocycles. The SMILES string of the molecule is CC1CCCCC1OCCNC(=O)NCC1CCN(c2ccccc2)C1. The summed E-state index contributed by atoms with van der Waals surface area (Å²) in [5.41, 5.74) is 1.27. The zero-order chi connectivity index (χ0) is 18.2. The topological polar surface area (TPSA) is 53.6 Å². The van der Waals surface area contributed by atoms with E-state index in [1.807, 2.05) is 6.07 Å². The molecule has 1 saturated heterocycles. The highest BCUT2D eigenvalue weighted by Gasteiger charge is 2.23. The monoisotopic (exact) mass is 359 g/mol. The summed E-state index contributed by atoms with van der Waals surface area (Å²) in [6.45, 7) is 6.25. The maximum atomic E-state index is 12.0. The molecule has 1 saturated carbocycles. The van der Waals surface area contributed by atoms with E-state index in [-0.39, 0.29) is 6.03 Å². The largest absolute Gasteiger partial charge is 0.376 e. The Balaban J connectivity index is 1.26. The van der Waals surface area contributed by atoms with Crippen molar-refractivity contribution in [1.82, 2.24) is 10.6 Å². The average molecular weight is 360 g/mol. The minimum Gasteiger partial charge on any atom is -0.376 e. The van der Waals surface area contributed by atoms with E-state index < -0.39 is 0 Å². The molecular formula is C21H33N3O2. The fourth-order valence-corrected chi connectivity index (χ4v) is 4.08. The number of rotatable bonds is 7. The van der Waals surface area contributed by atoms with Crippen LogP contribution in [0.25, 0.3) is 0 Å². The number of benzene rings is 1. The van der Waals surface area contributed by atoms with Gasteiger partial charge in [0.1, 0.15) is 0 Å². The number of nitrogens with zero attached hydrogens (tertiary/aromatic N) is 1. The van der Waals surface area contributed by atoms with Gasteiger partial charge in [0.2, 0.25) is 0 Å². The smallest absolute Gasteiger partial charge is 0.314 e. The van der Waals surface area contributed by atoms with Crippen LogP contribution in [0.3, 0.4) is 0 Å². The Bertz CT molecular complexity index is 551. The van der Waals surface area contributed by atoms with E-state index in [1.165, 1.54) is 24.9 Å². The van der Waals surface area contributed by atoms with Crippen molar-refractivity contribution in [1.29, 1.82) is 0 Å². The Morgan fingerprint density at radius 1 is 1.15 bits per heavy atom. The molecule has 1 aliphatic carbocycles. The first-order chi connectivity index (χ1) is 12.7. The molecule has 1 heterocycles. The van der Waals surface area contributed by atoms with Crippen molar-refractivity contribution in [3.05, 3.63) is 30.3 Å². The number of carbonyl (C=O) groups excluding carboxylic acids is 1. The lowest BCUT2D eigenvalue weighted by molar-refractivity contribution is -0.00243. The van der Waals surface area contributed by atoms with Gasteiger partial charge in [-0.2, -0.15) is 0 Å². The van der Waals surface area contributed by atoms with Crippen molar-refractivity contribution in [3.63, 3.8) is 0 Å². The maximum Gasteiger partial charge on any atom is 0.314 e. The van der Waals surface area contributed by atoms with Crippen molar-refractivity contribution < 1.29 is 9.53 Å². The molecule has 0 radical (unpaired) electrons. The van der Waals surface area contributed by atoms with Gasteiger partial charge in [0.05, 0.1) is 12.7 Å². The molecule has 144 valence electrons. The Kier molecular flexibility index (Phi) is 7.18.